The zero-order chi connectivity index (χ0) is 19.3. The minimum atomic E-state index is -0.240. The molecule has 6 rings (SSSR count). The summed E-state index contributed by atoms with van der Waals surface area (Å²) in [6, 6.07) is 12.1. The van der Waals surface area contributed by atoms with Crippen LogP contribution in [-0.2, 0) is 0 Å². The predicted octanol–water partition coefficient (Wildman–Crippen LogP) is 4.80. The van der Waals surface area contributed by atoms with Gasteiger partial charge in [0.05, 0.1) is 22.2 Å². The monoisotopic (exact) mass is 367 g/mol. The predicted molar refractivity (Wildman–Crippen MR) is 111 cm³/mol. The molecule has 136 valence electrons. The van der Waals surface area contributed by atoms with E-state index < -0.39 is 0 Å². The van der Waals surface area contributed by atoms with Gasteiger partial charge in [0.2, 0.25) is 0 Å². The number of benzene rings is 3. The fraction of sp³-hybridized carbons (Fsp3) is 0.130. The van der Waals surface area contributed by atoms with Crippen LogP contribution < -0.4 is 0 Å². The maximum Gasteiger partial charge on any atom is 0.262 e. The van der Waals surface area contributed by atoms with Crippen LogP contribution in [0, 0.1) is 13.8 Å². The molecule has 5 aromatic rings. The molecule has 5 heteroatoms. The second-order valence-corrected chi connectivity index (χ2v) is 7.66. The minimum absolute atomic E-state index is 0.240. The van der Waals surface area contributed by atoms with Gasteiger partial charge in [-0.3, -0.25) is 14.5 Å². The average molecular weight is 367 g/mol. The first kappa shape index (κ1) is 15.5. The minimum Gasteiger partial charge on any atom is -0.353 e. The van der Waals surface area contributed by atoms with E-state index in [0.717, 1.165) is 54.7 Å². The van der Waals surface area contributed by atoms with Crippen molar-refractivity contribution in [3.8, 4) is 0 Å². The Kier molecular flexibility index (Phi) is 2.66. The third-order valence-electron chi connectivity index (χ3n) is 6.12. The number of fused-ring (bicyclic) bond motifs is 10. The van der Waals surface area contributed by atoms with E-state index in [2.05, 4.69) is 9.97 Å². The van der Waals surface area contributed by atoms with Crippen molar-refractivity contribution in [3.05, 3.63) is 58.7 Å². The number of carbonyl (C=O) groups excluding carboxylic acids is 2. The third-order valence-corrected chi connectivity index (χ3v) is 6.12. The van der Waals surface area contributed by atoms with Crippen molar-refractivity contribution < 1.29 is 9.59 Å². The Morgan fingerprint density at radius 2 is 1.11 bits per heavy atom. The van der Waals surface area contributed by atoms with E-state index in [9.17, 15) is 9.59 Å². The van der Waals surface area contributed by atoms with Crippen molar-refractivity contribution in [1.29, 1.82) is 0 Å². The topological polar surface area (TPSA) is 69.0 Å². The normalized spacial score (nSPS) is 14.3. The number of aromatic nitrogens is 2. The highest BCUT2D eigenvalue weighted by atomic mass is 16.2. The Hall–Kier alpha value is -3.60. The van der Waals surface area contributed by atoms with E-state index in [0.29, 0.717) is 11.1 Å². The van der Waals surface area contributed by atoms with Crippen LogP contribution in [0.25, 0.3) is 43.6 Å². The number of amides is 2. The molecular formula is C23H17N3O2. The number of para-hydroxylation sites is 2. The Morgan fingerprint density at radius 1 is 0.679 bits per heavy atom. The summed E-state index contributed by atoms with van der Waals surface area (Å²) in [6.07, 6.45) is 0. The number of rotatable bonds is 0. The maximum atomic E-state index is 13.1. The van der Waals surface area contributed by atoms with Crippen LogP contribution in [0.5, 0.6) is 0 Å². The largest absolute Gasteiger partial charge is 0.353 e. The van der Waals surface area contributed by atoms with Crippen molar-refractivity contribution in [1.82, 2.24) is 14.9 Å². The molecule has 0 saturated carbocycles. The summed E-state index contributed by atoms with van der Waals surface area (Å²) in [5.74, 6) is -0.479. The second-order valence-electron chi connectivity index (χ2n) is 7.66. The quantitative estimate of drug-likeness (QED) is 0.386. The lowest BCUT2D eigenvalue weighted by Crippen LogP contribution is -2.24. The number of nitrogens with zero attached hydrogens (tertiary/aromatic N) is 1. The van der Waals surface area contributed by atoms with Gasteiger partial charge in [0.25, 0.3) is 11.8 Å². The Balaban J connectivity index is 2.02. The number of hydrogen-bond donors (Lipinski definition) is 2. The Bertz CT molecular complexity index is 1420. The number of H-pyrrole nitrogens is 2. The van der Waals surface area contributed by atoms with Crippen molar-refractivity contribution in [3.63, 3.8) is 0 Å². The molecule has 2 N–H and O–H groups in total. The molecular weight excluding hydrogens is 350 g/mol. The number of hydrogen-bond acceptors (Lipinski definition) is 2. The molecule has 2 aromatic heterocycles. The molecule has 0 unspecified atom stereocenters. The van der Waals surface area contributed by atoms with Gasteiger partial charge in [-0.05, 0) is 25.0 Å². The molecule has 5 nitrogen and oxygen atoms in total. The highest BCUT2D eigenvalue weighted by Gasteiger charge is 2.39. The zero-order valence-electron chi connectivity index (χ0n) is 15.7. The van der Waals surface area contributed by atoms with Gasteiger partial charge in [0.1, 0.15) is 0 Å². The third kappa shape index (κ3) is 1.59. The van der Waals surface area contributed by atoms with E-state index in [-0.39, 0.29) is 11.8 Å². The van der Waals surface area contributed by atoms with Crippen LogP contribution in [-0.4, -0.2) is 33.7 Å². The number of carbonyl (C=O) groups is 2. The summed E-state index contributed by atoms with van der Waals surface area (Å²) in [5.41, 5.74) is 6.98. The molecule has 1 aliphatic rings. The van der Waals surface area contributed by atoms with Gasteiger partial charge in [-0.1, -0.05) is 36.4 Å². The SMILES string of the molecule is Cc1cccc2c1[nH]c1c3[nH]c4c(C)cccc4c3c3c(c21)C(=O)N(C)C3=O. The first-order valence-electron chi connectivity index (χ1n) is 9.29. The summed E-state index contributed by atoms with van der Waals surface area (Å²) < 4.78 is 0. The van der Waals surface area contributed by atoms with E-state index in [1.807, 2.05) is 50.2 Å². The van der Waals surface area contributed by atoms with Crippen molar-refractivity contribution in [2.24, 2.45) is 0 Å². The molecule has 1 aliphatic heterocycles. The first-order chi connectivity index (χ1) is 13.5. The number of nitrogens with one attached hydrogen (secondary N) is 2. The molecule has 2 amide bonds. The summed E-state index contributed by atoms with van der Waals surface area (Å²) in [6.45, 7) is 4.09. The molecule has 0 atom stereocenters. The molecule has 3 aromatic carbocycles. The van der Waals surface area contributed by atoms with Crippen LogP contribution >= 0.6 is 0 Å². The number of imide groups is 1. The van der Waals surface area contributed by atoms with Crippen molar-refractivity contribution >= 4 is 55.4 Å². The summed E-state index contributed by atoms with van der Waals surface area (Å²) in [7, 11) is 1.56. The maximum absolute atomic E-state index is 13.1. The number of aromatic amines is 2. The zero-order valence-corrected chi connectivity index (χ0v) is 15.7. The van der Waals surface area contributed by atoms with Gasteiger partial charge in [0, 0.05) is 39.6 Å². The van der Waals surface area contributed by atoms with E-state index in [1.165, 1.54) is 4.90 Å². The summed E-state index contributed by atoms with van der Waals surface area (Å²) >= 11 is 0. The van der Waals surface area contributed by atoms with Crippen LogP contribution in [0.3, 0.4) is 0 Å². The second kappa shape index (κ2) is 4.81. The fourth-order valence-electron chi connectivity index (χ4n) is 4.73. The van der Waals surface area contributed by atoms with Gasteiger partial charge in [-0.2, -0.15) is 0 Å². The van der Waals surface area contributed by atoms with E-state index >= 15 is 0 Å². The van der Waals surface area contributed by atoms with Gasteiger partial charge in [0.15, 0.2) is 0 Å². The molecule has 0 fully saturated rings. The van der Waals surface area contributed by atoms with Crippen LogP contribution in [0.1, 0.15) is 31.8 Å². The number of aryl methyl sites for hydroxylation is 2. The Labute approximate surface area is 159 Å². The van der Waals surface area contributed by atoms with Crippen LogP contribution in [0.4, 0.5) is 0 Å². The van der Waals surface area contributed by atoms with Crippen LogP contribution in [0.15, 0.2) is 36.4 Å². The molecule has 28 heavy (non-hydrogen) atoms. The smallest absolute Gasteiger partial charge is 0.262 e. The lowest BCUT2D eigenvalue weighted by Gasteiger charge is -2.03. The fourth-order valence-corrected chi connectivity index (χ4v) is 4.73. The lowest BCUT2D eigenvalue weighted by atomic mass is 9.96. The first-order valence-corrected chi connectivity index (χ1v) is 9.29. The highest BCUT2D eigenvalue weighted by molar-refractivity contribution is 6.39. The average Bonchev–Trinajstić information content (AvgIpc) is 3.31. The van der Waals surface area contributed by atoms with E-state index in [1.54, 1.807) is 7.05 Å². The molecule has 3 heterocycles. The molecule has 0 radical (unpaired) electrons. The Morgan fingerprint density at radius 3 is 1.54 bits per heavy atom. The van der Waals surface area contributed by atoms with Crippen LogP contribution in [0.2, 0.25) is 0 Å². The van der Waals surface area contributed by atoms with Gasteiger partial charge >= 0.3 is 0 Å². The summed E-state index contributed by atoms with van der Waals surface area (Å²) in [4.78, 5) is 34.5. The van der Waals surface area contributed by atoms with Crippen molar-refractivity contribution in [2.45, 2.75) is 13.8 Å². The molecule has 0 bridgehead atoms. The molecule has 0 spiro atoms. The summed E-state index contributed by atoms with van der Waals surface area (Å²) in [5, 5.41) is 3.60. The standard InChI is InChI=1S/C23H17N3O2/c1-10-6-4-8-12-14-16-17(23(28)26(3)22(16)27)15-13-9-5-7-11(2)19(13)25-21(15)20(14)24-18(10)12/h4-9,24-25H,1-3H3. The molecule has 0 aliphatic carbocycles. The lowest BCUT2D eigenvalue weighted by molar-refractivity contribution is 0.0694. The molecule has 0 saturated heterocycles. The highest BCUT2D eigenvalue weighted by Crippen LogP contribution is 2.44. The van der Waals surface area contributed by atoms with Gasteiger partial charge in [-0.25, -0.2) is 0 Å². The van der Waals surface area contributed by atoms with Gasteiger partial charge < -0.3 is 9.97 Å². The van der Waals surface area contributed by atoms with Crippen molar-refractivity contribution in [2.75, 3.05) is 7.05 Å². The van der Waals surface area contributed by atoms with E-state index in [4.69, 9.17) is 0 Å². The van der Waals surface area contributed by atoms with Gasteiger partial charge in [-0.15, -0.1) is 0 Å².